The Labute approximate surface area is 855 Å². The van der Waals surface area contributed by atoms with Crippen molar-refractivity contribution < 1.29 is 8.83 Å². The number of pyridine rings is 1. The highest BCUT2D eigenvalue weighted by Crippen LogP contribution is 2.04. The van der Waals surface area contributed by atoms with E-state index < -0.39 is 0 Å². The zero-order chi connectivity index (χ0) is 112. The third-order valence-electron chi connectivity index (χ3n) is 7.44. The first kappa shape index (κ1) is 183. The summed E-state index contributed by atoms with van der Waals surface area (Å²) in [5, 5.41) is 24.5. The summed E-state index contributed by atoms with van der Waals surface area (Å²) in [5.41, 5.74) is 1.13. The van der Waals surface area contributed by atoms with Gasteiger partial charge in [0.1, 0.15) is 37.7 Å². The molecule has 1 aliphatic rings. The van der Waals surface area contributed by atoms with Crippen molar-refractivity contribution in [3.05, 3.63) is 253 Å². The maximum Gasteiger partial charge on any atom is 0.180 e. The first-order valence-electron chi connectivity index (χ1n) is 51.6. The highest BCUT2D eigenvalue weighted by Gasteiger charge is 2.03. The van der Waals surface area contributed by atoms with Crippen LogP contribution in [0.25, 0.3) is 0 Å². The molecular weight excluding hydrogens is 1690 g/mol. The minimum Gasteiger partial charge on any atom is -0.473 e. The van der Waals surface area contributed by atoms with Gasteiger partial charge >= 0.3 is 0 Å². The molecule has 11 heterocycles. The summed E-state index contributed by atoms with van der Waals surface area (Å²) >= 11 is 0. The molecule has 0 radical (unpaired) electrons. The molecule has 0 fully saturated rings. The molecule has 1 aromatic carbocycles. The quantitative estimate of drug-likeness (QED) is 0.166. The SMILES string of the molecule is CC.CC.CC.CC.CC.CC.CC.CC.CC.CC.CC.CC.CC.CC(C)C.CC(C)C.CC(C)C.CC(C)C.CC(C)C.CC(C)C.CC(C)C.CC(C)C.CC(C)C.CC(C)C1=NCN=C1.CC(C)c1ncn[nH]1.CC(C)n1cccn1.c1c[nH]cn1.c1ccccc1.c1ccncc1.c1ccnnc1.c1ccoc1.c1cnccn1.c1cncnc1.c1cnncn1.c1cocn1. The molecule has 0 saturated carbocycles. The average Bonchev–Trinajstić information content (AvgIpc) is 1.84. The molecule has 806 valence electrons. The number of hydrogen-bond donors (Lipinski definition) is 2. The molecule has 22 heteroatoms. The van der Waals surface area contributed by atoms with E-state index in [-0.39, 0.29) is 0 Å². The van der Waals surface area contributed by atoms with E-state index in [1.165, 1.54) is 37.8 Å². The van der Waals surface area contributed by atoms with Gasteiger partial charge in [-0.3, -0.25) is 34.7 Å². The fourth-order valence-corrected chi connectivity index (χ4v) is 3.99. The topological polar surface area (TPSA) is 281 Å². The van der Waals surface area contributed by atoms with Crippen LogP contribution in [0.4, 0.5) is 0 Å². The minimum absolute atomic E-state index is 0.456. The summed E-state index contributed by atoms with van der Waals surface area (Å²) in [6.07, 6.45) is 42.6. The molecule has 11 aromatic rings. The van der Waals surface area contributed by atoms with Crippen molar-refractivity contribution in [3.8, 4) is 0 Å². The van der Waals surface area contributed by atoms with Gasteiger partial charge in [-0.25, -0.2) is 29.9 Å². The van der Waals surface area contributed by atoms with Crippen molar-refractivity contribution in [1.82, 2.24) is 90.2 Å². The Hall–Kier alpha value is -9.99. The van der Waals surface area contributed by atoms with Crippen LogP contribution in [0.2, 0.25) is 0 Å². The van der Waals surface area contributed by atoms with Crippen LogP contribution in [0.1, 0.15) is 426 Å². The number of hydrogen-bond acceptors (Lipinski definition) is 19. The predicted molar refractivity (Wildman–Crippen MR) is 621 cm³/mol. The van der Waals surface area contributed by atoms with Crippen LogP contribution in [0.3, 0.4) is 0 Å². The summed E-state index contributed by atoms with van der Waals surface area (Å²) in [6.45, 7) is 124. The Morgan fingerprint density at radius 2 is 0.591 bits per heavy atom. The highest BCUT2D eigenvalue weighted by atomic mass is 16.3. The van der Waals surface area contributed by atoms with E-state index in [0.29, 0.717) is 24.5 Å². The van der Waals surface area contributed by atoms with Crippen LogP contribution in [-0.4, -0.2) is 109 Å². The molecule has 0 amide bonds. The third kappa shape index (κ3) is 354. The van der Waals surface area contributed by atoms with Crippen LogP contribution in [0, 0.1) is 59.2 Å². The van der Waals surface area contributed by atoms with E-state index in [1.807, 2.05) is 282 Å². The number of furan rings is 1. The lowest BCUT2D eigenvalue weighted by Crippen LogP contribution is -2.05. The minimum atomic E-state index is 0.456. The summed E-state index contributed by atoms with van der Waals surface area (Å²) in [5.74, 6) is 9.45. The lowest BCUT2D eigenvalue weighted by molar-refractivity contribution is 0.532. The van der Waals surface area contributed by atoms with Gasteiger partial charge in [0.2, 0.25) is 0 Å². The van der Waals surface area contributed by atoms with Crippen molar-refractivity contribution in [3.63, 3.8) is 0 Å². The average molecular weight is 1930 g/mol. The zero-order valence-electron chi connectivity index (χ0n) is 101. The van der Waals surface area contributed by atoms with Gasteiger partial charge in [0.25, 0.3) is 0 Å². The Balaban J connectivity index is -0.0000000502. The molecule has 0 unspecified atom stereocenters. The molecule has 0 bridgehead atoms. The van der Waals surface area contributed by atoms with E-state index in [0.717, 1.165) is 64.8 Å². The van der Waals surface area contributed by atoms with Crippen molar-refractivity contribution >= 4 is 11.9 Å². The number of rotatable bonds is 3. The number of benzene rings is 1. The van der Waals surface area contributed by atoms with E-state index in [2.05, 4.69) is 333 Å². The van der Waals surface area contributed by atoms with E-state index in [4.69, 9.17) is 0 Å². The monoisotopic (exact) mass is 1930 g/mol. The second-order valence-corrected chi connectivity index (χ2v) is 29.8. The molecule has 0 aliphatic carbocycles. The van der Waals surface area contributed by atoms with Gasteiger partial charge in [-0.15, -0.1) is 5.10 Å². The largest absolute Gasteiger partial charge is 0.473 e. The molecule has 137 heavy (non-hydrogen) atoms. The molecule has 1 aliphatic heterocycles. The lowest BCUT2D eigenvalue weighted by atomic mass is 10.1. The zero-order valence-corrected chi connectivity index (χ0v) is 101. The Morgan fingerprint density at radius 1 is 0.270 bits per heavy atom. The lowest BCUT2D eigenvalue weighted by Gasteiger charge is -2.01. The van der Waals surface area contributed by atoms with Crippen molar-refractivity contribution in [1.29, 1.82) is 0 Å². The molecule has 0 spiro atoms. The molecule has 0 saturated heterocycles. The van der Waals surface area contributed by atoms with Crippen molar-refractivity contribution in [2.24, 2.45) is 69.2 Å². The molecule has 12 rings (SSSR count). The first-order valence-corrected chi connectivity index (χ1v) is 51.6. The standard InChI is InChI=1S/2C6H10N2.C6H6.C5H9N3.C5H5N.3C4H4N2.C4H4O.9C4H10.C3H3N3.C3H4N2.C3H3NO.13C2H6/c1-5(2)6-3-7-4-8-6;1-6(2)8-5-3-4-7-8;1-2-4-6-5-3-1;1-4(2)5-6-3-7-8-5;1-2-4-6-5-3-1;1-2-6-4-3-5-1;1-2-5-4-6-3-1;1-2-4-6-5-3-1;1-2-4-5-3-1;9*1-4(2)3;1-2-5-6-3-4-1;2*1-2-5-3-4-1;13*1-2/h3,5H,4H2,1-2H3;3-6H,1-2H3;1-6H;3-4H,1-2H3,(H,6,7,8);1-5H;3*1-4H;1-4H;9*4H,1-3H3;1-3H;1-3H,(H,4,5);1-3H;13*1-2H3. The molecule has 0 atom stereocenters. The maximum absolute atomic E-state index is 4.58. The van der Waals surface area contributed by atoms with Gasteiger partial charge in [-0.05, 0) is 122 Å². The van der Waals surface area contributed by atoms with Crippen LogP contribution < -0.4 is 0 Å². The Morgan fingerprint density at radius 3 is 0.701 bits per heavy atom. The second kappa shape index (κ2) is 205. The number of aromatic amines is 2. The normalized spacial score (nSPS) is 8.15. The van der Waals surface area contributed by atoms with Crippen molar-refractivity contribution in [2.75, 3.05) is 6.67 Å². The van der Waals surface area contributed by atoms with Gasteiger partial charge in [0, 0.05) is 111 Å². The van der Waals surface area contributed by atoms with Crippen LogP contribution in [0.5, 0.6) is 0 Å². The van der Waals surface area contributed by atoms with Gasteiger partial charge in [-0.1, -0.05) is 437 Å². The van der Waals surface area contributed by atoms with Crippen molar-refractivity contribution in [2.45, 2.75) is 420 Å². The second-order valence-electron chi connectivity index (χ2n) is 29.8. The molecule has 2 N–H and O–H groups in total. The summed E-state index contributed by atoms with van der Waals surface area (Å²) in [7, 11) is 0. The number of aliphatic imine (C=N–C) groups is 2. The summed E-state index contributed by atoms with van der Waals surface area (Å²) in [6, 6.07) is 29.2. The van der Waals surface area contributed by atoms with Gasteiger partial charge in [-0.2, -0.15) is 25.5 Å². The maximum atomic E-state index is 4.58. The third-order valence-corrected chi connectivity index (χ3v) is 7.44. The molecule has 22 nitrogen and oxygen atoms in total. The first-order chi connectivity index (χ1) is 65.5. The number of aromatic nitrogens is 18. The number of nitrogens with zero attached hydrogens (tertiary/aromatic N) is 18. The van der Waals surface area contributed by atoms with Crippen LogP contribution in [-0.2, 0) is 0 Å². The van der Waals surface area contributed by atoms with E-state index in [9.17, 15) is 0 Å². The Kier molecular flexibility index (Phi) is 274. The van der Waals surface area contributed by atoms with Crippen LogP contribution in [0.15, 0.2) is 266 Å². The Bertz CT molecular complexity index is 2470. The van der Waals surface area contributed by atoms with E-state index in [1.54, 1.807) is 118 Å². The fraction of sp³-hybridized carbons (Fsp3) is 0.626. The number of oxazole rings is 1. The molecular formula is C115H234N20O2. The fourth-order valence-electron chi connectivity index (χ4n) is 3.99. The highest BCUT2D eigenvalue weighted by molar-refractivity contribution is 6.32. The van der Waals surface area contributed by atoms with Gasteiger partial charge in [0.15, 0.2) is 6.39 Å². The number of imidazole rings is 1. The summed E-state index contributed by atoms with van der Waals surface area (Å²) in [4.78, 5) is 44.2. The van der Waals surface area contributed by atoms with E-state index >= 15 is 0 Å². The van der Waals surface area contributed by atoms with Gasteiger partial charge < -0.3 is 13.8 Å². The predicted octanol–water partition coefficient (Wildman–Crippen LogP) is 38.3. The van der Waals surface area contributed by atoms with Crippen LogP contribution >= 0.6 is 0 Å². The van der Waals surface area contributed by atoms with Gasteiger partial charge in [0.05, 0.1) is 37.0 Å². The number of nitrogens with one attached hydrogen (secondary N) is 2. The smallest absolute Gasteiger partial charge is 0.180 e. The number of H-pyrrole nitrogens is 2. The summed E-state index contributed by atoms with van der Waals surface area (Å²) < 4.78 is 11.0. The molecule has 10 aromatic heterocycles.